The van der Waals surface area contributed by atoms with Crippen molar-refractivity contribution in [2.75, 3.05) is 4.90 Å². The van der Waals surface area contributed by atoms with E-state index in [0.29, 0.717) is 26.5 Å². The predicted octanol–water partition coefficient (Wildman–Crippen LogP) is 15.2. The number of fused-ring (bicyclic) bond motifs is 4. The van der Waals surface area contributed by atoms with Crippen molar-refractivity contribution in [3.63, 3.8) is 0 Å². The maximum atomic E-state index is 8.03. The third-order valence-corrected chi connectivity index (χ3v) is 29.0. The second-order valence-corrected chi connectivity index (χ2v) is 32.5. The van der Waals surface area contributed by atoms with Crippen LogP contribution in [0.2, 0.25) is 20.1 Å². The van der Waals surface area contributed by atoms with Crippen LogP contribution in [-0.2, 0) is 16.2 Å². The zero-order valence-electron chi connectivity index (χ0n) is 37.4. The van der Waals surface area contributed by atoms with Gasteiger partial charge in [0.1, 0.15) is 0 Å². The summed E-state index contributed by atoms with van der Waals surface area (Å²) in [5.74, 6) is 2.97. The molecule has 0 radical (unpaired) electrons. The van der Waals surface area contributed by atoms with Gasteiger partial charge in [0.2, 0.25) is 0 Å². The van der Waals surface area contributed by atoms with Gasteiger partial charge in [0.25, 0.3) is 0 Å². The molecule has 0 saturated carbocycles. The van der Waals surface area contributed by atoms with Gasteiger partial charge in [-0.1, -0.05) is 0 Å². The van der Waals surface area contributed by atoms with Crippen molar-refractivity contribution < 1.29 is 15.5 Å². The van der Waals surface area contributed by atoms with Crippen molar-refractivity contribution in [1.29, 1.82) is 0 Å². The summed E-state index contributed by atoms with van der Waals surface area (Å²) >= 11 is 22.1. The molecule has 0 amide bonds. The van der Waals surface area contributed by atoms with Crippen LogP contribution in [0.3, 0.4) is 0 Å². The van der Waals surface area contributed by atoms with Crippen molar-refractivity contribution in [3.05, 3.63) is 146 Å². The van der Waals surface area contributed by atoms with Gasteiger partial charge in [-0.25, -0.2) is 0 Å². The fraction of sp³-hybridized carbons (Fsp3) is 0.222. The molecule has 0 bridgehead atoms. The number of nitrogens with zero attached hydrogens (tertiary/aromatic N) is 2. The molecule has 6 nitrogen and oxygen atoms in total. The van der Waals surface area contributed by atoms with Crippen LogP contribution < -0.4 is 30.9 Å². The van der Waals surface area contributed by atoms with Crippen molar-refractivity contribution in [2.24, 2.45) is 0 Å². The molecule has 8 aromatic rings. The van der Waals surface area contributed by atoms with Crippen LogP contribution in [0.25, 0.3) is 27.5 Å². The fourth-order valence-corrected chi connectivity index (χ4v) is 27.7. The predicted molar refractivity (Wildman–Crippen MR) is 271 cm³/mol. The Balaban J connectivity index is 1.29. The first kappa shape index (κ1) is 41.7. The molecule has 1 aromatic heterocycles. The Hall–Kier alpha value is -4.68. The summed E-state index contributed by atoms with van der Waals surface area (Å²) in [5.41, 5.74) is 7.98. The first-order valence-electron chi connectivity index (χ1n) is 21.8. The number of aromatic nitrogens is 1. The molecule has 5 heterocycles. The Bertz CT molecular complexity index is 3280. The molecule has 0 unspecified atom stereocenters. The fourth-order valence-electron chi connectivity index (χ4n) is 10.6. The van der Waals surface area contributed by atoms with Crippen LogP contribution in [0.4, 0.5) is 17.1 Å². The van der Waals surface area contributed by atoms with Crippen LogP contribution in [0.15, 0.2) is 109 Å². The van der Waals surface area contributed by atoms with Crippen molar-refractivity contribution in [3.8, 4) is 40.2 Å². The second-order valence-electron chi connectivity index (χ2n) is 20.7. The number of benzene rings is 7. The summed E-state index contributed by atoms with van der Waals surface area (Å²) in [4.78, 5) is 2.30. The standard InChI is InChI=1S/C48H45N2O2.C6H2Cl4O2.Sb/c1-46(2,3)31-18-20-32(21-19-31)49-33-22-24-40(47(4,5)6)44(28-33)51-36-26-35(50-42-16-12-10-14-38(42)39-15-11-13-17-43(39)50)27-37(30-36)52-45-29-34(49)23-25-41(45)48(7,8)9;7-1-2(8)4(10)6(12)5(11)3(1)9;/h10-27H,1-9H3;11-12H;/q;;+2/p-2. The van der Waals surface area contributed by atoms with E-state index in [1.807, 2.05) is 0 Å². The van der Waals surface area contributed by atoms with Gasteiger partial charge in [-0.3, -0.25) is 0 Å². The van der Waals surface area contributed by atoms with E-state index in [2.05, 4.69) is 181 Å². The van der Waals surface area contributed by atoms with Crippen LogP contribution >= 0.6 is 46.4 Å². The third kappa shape index (κ3) is 5.32. The zero-order valence-corrected chi connectivity index (χ0v) is 43.0. The summed E-state index contributed by atoms with van der Waals surface area (Å²) in [6.45, 7) is 19.9. The van der Waals surface area contributed by atoms with Gasteiger partial charge in [0, 0.05) is 0 Å². The molecule has 328 valence electrons. The Morgan fingerprint density at radius 1 is 0.446 bits per heavy atom. The summed E-state index contributed by atoms with van der Waals surface area (Å²) in [6, 6.07) is 38.7. The van der Waals surface area contributed by atoms with Crippen LogP contribution in [0, 0.1) is 0 Å². The molecule has 0 atom stereocenters. The monoisotopic (exact) mass is 1050 g/mol. The van der Waals surface area contributed by atoms with E-state index in [9.17, 15) is 0 Å². The van der Waals surface area contributed by atoms with Gasteiger partial charge in [0.05, 0.1) is 0 Å². The molecule has 12 rings (SSSR count). The average molecular weight is 1050 g/mol. The summed E-state index contributed by atoms with van der Waals surface area (Å²) in [7, 11) is 0. The van der Waals surface area contributed by atoms with Crippen LogP contribution in [-0.4, -0.2) is 22.8 Å². The van der Waals surface area contributed by atoms with Gasteiger partial charge in [-0.15, -0.1) is 0 Å². The summed E-state index contributed by atoms with van der Waals surface area (Å²) in [5, 5.41) is 2.70. The number of anilines is 3. The second kappa shape index (κ2) is 13.3. The number of rotatable bonds is 2. The van der Waals surface area contributed by atoms with Gasteiger partial charge in [0.15, 0.2) is 0 Å². The first-order valence-corrected chi connectivity index (χ1v) is 29.2. The van der Waals surface area contributed by atoms with E-state index in [1.54, 1.807) is 0 Å². The Labute approximate surface area is 400 Å². The van der Waals surface area contributed by atoms with E-state index in [0.717, 1.165) is 62.7 Å². The maximum absolute atomic E-state index is 8.03. The number of hydrogen-bond donors (Lipinski definition) is 0. The number of hydrogen-bond acceptors (Lipinski definition) is 5. The van der Waals surface area contributed by atoms with E-state index in [-0.39, 0.29) is 37.0 Å². The molecule has 11 heteroatoms. The molecular weight excluding hydrogens is 1000 g/mol. The van der Waals surface area contributed by atoms with E-state index in [1.165, 1.54) is 5.56 Å². The minimum atomic E-state index is -6.32. The Morgan fingerprint density at radius 3 is 1.32 bits per heavy atom. The van der Waals surface area contributed by atoms with Gasteiger partial charge in [-0.2, -0.15) is 0 Å². The van der Waals surface area contributed by atoms with Crippen LogP contribution in [0.5, 0.6) is 34.5 Å². The Morgan fingerprint density at radius 2 is 0.892 bits per heavy atom. The van der Waals surface area contributed by atoms with Gasteiger partial charge in [-0.05, 0) is 0 Å². The molecule has 1 spiro atoms. The van der Waals surface area contributed by atoms with Gasteiger partial charge < -0.3 is 0 Å². The summed E-state index contributed by atoms with van der Waals surface area (Å²) in [6.07, 6.45) is 0. The molecule has 0 fully saturated rings. The first-order chi connectivity index (χ1) is 30.7. The van der Waals surface area contributed by atoms with E-state index in [4.69, 9.17) is 61.9 Å². The zero-order chi connectivity index (χ0) is 45.5. The molecule has 4 aliphatic heterocycles. The number of para-hydroxylation sites is 2. The van der Waals surface area contributed by atoms with E-state index >= 15 is 0 Å². The van der Waals surface area contributed by atoms with Crippen molar-refractivity contribution in [2.45, 2.75) is 78.6 Å². The average Bonchev–Trinajstić information content (AvgIpc) is 3.78. The van der Waals surface area contributed by atoms with Gasteiger partial charge >= 0.3 is 404 Å². The SMILES string of the molecule is CC(C)(C)c1ccc(N2c3ccc(C(C)(C)C)c4[c]3[Sb]35([O]c6c(Cl)c(Cl)c(Cl)c(Cl)c6[O]3)[c]3c(cc(-n6c7ccccc7c7ccccc76)cc3Oc3c(C(C)(C)C)ccc2[c]35)O4)cc1. The van der Waals surface area contributed by atoms with Crippen molar-refractivity contribution in [1.82, 2.24) is 4.57 Å². The van der Waals surface area contributed by atoms with Crippen LogP contribution in [0.1, 0.15) is 79.0 Å². The number of ether oxygens (including phenoxy) is 2. The van der Waals surface area contributed by atoms with Crippen molar-refractivity contribution >= 4 is 114 Å². The Kier molecular flexibility index (Phi) is 8.52. The molecular formula is C54H45Cl4N2O4Sb. The molecule has 0 aliphatic carbocycles. The topological polar surface area (TPSA) is 45.1 Å². The quantitative estimate of drug-likeness (QED) is 0.0981. The summed E-state index contributed by atoms with van der Waals surface area (Å²) < 4.78 is 35.8. The molecule has 0 saturated heterocycles. The molecule has 0 N–H and O–H groups in total. The molecule has 7 aromatic carbocycles. The normalized spacial score (nSPS) is 16.6. The minimum absolute atomic E-state index is 0.0517. The third-order valence-electron chi connectivity index (χ3n) is 13.5. The molecule has 4 aliphatic rings. The van der Waals surface area contributed by atoms with E-state index < -0.39 is 29.1 Å². The number of halogens is 4. The molecule has 65 heavy (non-hydrogen) atoms.